The second kappa shape index (κ2) is 1.92. The first kappa shape index (κ1) is 5.24. The summed E-state index contributed by atoms with van der Waals surface area (Å²) in [5.74, 6) is 0.472. The van der Waals surface area contributed by atoms with Crippen LogP contribution in [-0.2, 0) is 0 Å². The SMILES string of the molecule is NC1=NCN=CC1N. The summed E-state index contributed by atoms with van der Waals surface area (Å²) in [5.41, 5.74) is 10.7. The summed E-state index contributed by atoms with van der Waals surface area (Å²) < 4.78 is 0. The lowest BCUT2D eigenvalue weighted by molar-refractivity contribution is 0.978. The molecule has 44 valence electrons. The average Bonchev–Trinajstić information content (AvgIpc) is 1.77. The van der Waals surface area contributed by atoms with Gasteiger partial charge in [-0.15, -0.1) is 0 Å². The normalized spacial score (nSPS) is 27.6. The number of hydrogen-bond donors (Lipinski definition) is 2. The standard InChI is InChI=1S/C4H8N4/c5-3-1-7-2-8-4(3)6/h1,3H,2,5H2,(H2,6,8). The van der Waals surface area contributed by atoms with E-state index in [1.54, 1.807) is 6.21 Å². The summed E-state index contributed by atoms with van der Waals surface area (Å²) in [6.07, 6.45) is 1.60. The molecule has 1 rings (SSSR count). The Kier molecular flexibility index (Phi) is 1.26. The Labute approximate surface area is 47.3 Å². The third-order valence-electron chi connectivity index (χ3n) is 0.942. The molecule has 8 heavy (non-hydrogen) atoms. The van der Waals surface area contributed by atoms with E-state index in [0.717, 1.165) is 0 Å². The molecule has 4 nitrogen and oxygen atoms in total. The maximum Gasteiger partial charge on any atom is 0.131 e. The monoisotopic (exact) mass is 112 g/mol. The van der Waals surface area contributed by atoms with Crippen molar-refractivity contribution in [2.45, 2.75) is 6.04 Å². The van der Waals surface area contributed by atoms with Gasteiger partial charge in [0.2, 0.25) is 0 Å². The Morgan fingerprint density at radius 1 is 1.75 bits per heavy atom. The third-order valence-corrected chi connectivity index (χ3v) is 0.942. The van der Waals surface area contributed by atoms with Crippen LogP contribution in [0.4, 0.5) is 0 Å². The minimum Gasteiger partial charge on any atom is -0.386 e. The highest BCUT2D eigenvalue weighted by Crippen LogP contribution is 1.84. The molecular weight excluding hydrogens is 104 g/mol. The summed E-state index contributed by atoms with van der Waals surface area (Å²) in [5, 5.41) is 0. The zero-order valence-electron chi connectivity index (χ0n) is 4.41. The minimum absolute atomic E-state index is 0.260. The summed E-state index contributed by atoms with van der Waals surface area (Å²) in [4.78, 5) is 7.57. The predicted octanol–water partition coefficient (Wildman–Crippen LogP) is -1.29. The molecule has 0 aromatic carbocycles. The first-order valence-electron chi connectivity index (χ1n) is 2.36. The van der Waals surface area contributed by atoms with Crippen LogP contribution in [0.2, 0.25) is 0 Å². The molecule has 4 N–H and O–H groups in total. The molecule has 0 spiro atoms. The van der Waals surface area contributed by atoms with E-state index in [9.17, 15) is 0 Å². The molecule has 0 aromatic rings. The third kappa shape index (κ3) is 0.840. The van der Waals surface area contributed by atoms with Gasteiger partial charge in [0.05, 0.1) is 6.04 Å². The summed E-state index contributed by atoms with van der Waals surface area (Å²) in [7, 11) is 0. The molecule has 4 heteroatoms. The van der Waals surface area contributed by atoms with Gasteiger partial charge in [-0.2, -0.15) is 0 Å². The first-order valence-corrected chi connectivity index (χ1v) is 2.36. The highest BCUT2D eigenvalue weighted by molar-refractivity contribution is 6.00. The lowest BCUT2D eigenvalue weighted by atomic mass is 10.3. The number of nitrogens with zero attached hydrogens (tertiary/aromatic N) is 2. The maximum absolute atomic E-state index is 5.37. The van der Waals surface area contributed by atoms with Crippen LogP contribution in [0, 0.1) is 0 Å². The Morgan fingerprint density at radius 3 is 2.88 bits per heavy atom. The van der Waals surface area contributed by atoms with Crippen molar-refractivity contribution in [3.63, 3.8) is 0 Å². The van der Waals surface area contributed by atoms with Gasteiger partial charge < -0.3 is 11.5 Å². The van der Waals surface area contributed by atoms with Crippen LogP contribution in [0.15, 0.2) is 9.98 Å². The molecular formula is C4H8N4. The lowest BCUT2D eigenvalue weighted by Crippen LogP contribution is -2.39. The van der Waals surface area contributed by atoms with E-state index in [2.05, 4.69) is 9.98 Å². The molecule has 0 fully saturated rings. The van der Waals surface area contributed by atoms with E-state index in [-0.39, 0.29) is 6.04 Å². The minimum atomic E-state index is -0.260. The molecule has 1 aliphatic heterocycles. The zero-order chi connectivity index (χ0) is 5.98. The van der Waals surface area contributed by atoms with Gasteiger partial charge in [0.15, 0.2) is 0 Å². The van der Waals surface area contributed by atoms with Gasteiger partial charge >= 0.3 is 0 Å². The quantitative estimate of drug-likeness (QED) is 0.409. The van der Waals surface area contributed by atoms with Crippen molar-refractivity contribution >= 4 is 12.1 Å². The lowest BCUT2D eigenvalue weighted by Gasteiger charge is -2.07. The summed E-state index contributed by atoms with van der Waals surface area (Å²) in [6, 6.07) is -0.260. The molecule has 1 aliphatic rings. The molecule has 1 heterocycles. The van der Waals surface area contributed by atoms with Crippen LogP contribution in [0.3, 0.4) is 0 Å². The first-order chi connectivity index (χ1) is 3.80. The van der Waals surface area contributed by atoms with Crippen molar-refractivity contribution in [2.24, 2.45) is 21.5 Å². The summed E-state index contributed by atoms with van der Waals surface area (Å²) >= 11 is 0. The van der Waals surface area contributed by atoms with Crippen LogP contribution in [-0.4, -0.2) is 24.8 Å². The zero-order valence-corrected chi connectivity index (χ0v) is 4.41. The van der Waals surface area contributed by atoms with Gasteiger partial charge in [0.25, 0.3) is 0 Å². The Bertz CT molecular complexity index is 137. The Morgan fingerprint density at radius 2 is 2.50 bits per heavy atom. The average molecular weight is 112 g/mol. The van der Waals surface area contributed by atoms with Crippen molar-refractivity contribution in [3.8, 4) is 0 Å². The van der Waals surface area contributed by atoms with E-state index in [1.807, 2.05) is 0 Å². The molecule has 0 amide bonds. The van der Waals surface area contributed by atoms with Gasteiger partial charge in [0, 0.05) is 6.21 Å². The van der Waals surface area contributed by atoms with Gasteiger partial charge in [0.1, 0.15) is 12.5 Å². The van der Waals surface area contributed by atoms with E-state index in [0.29, 0.717) is 12.5 Å². The van der Waals surface area contributed by atoms with Crippen molar-refractivity contribution in [1.29, 1.82) is 0 Å². The van der Waals surface area contributed by atoms with E-state index >= 15 is 0 Å². The predicted molar refractivity (Wildman–Crippen MR) is 33.0 cm³/mol. The molecule has 0 saturated heterocycles. The number of rotatable bonds is 0. The maximum atomic E-state index is 5.37. The number of hydrogen-bond acceptors (Lipinski definition) is 4. The van der Waals surface area contributed by atoms with Gasteiger partial charge in [-0.25, -0.2) is 4.99 Å². The number of aliphatic imine (C=N–C) groups is 2. The van der Waals surface area contributed by atoms with Crippen LogP contribution in [0.1, 0.15) is 0 Å². The fourth-order valence-corrected chi connectivity index (χ4v) is 0.465. The van der Waals surface area contributed by atoms with Gasteiger partial charge in [-0.3, -0.25) is 4.99 Å². The largest absolute Gasteiger partial charge is 0.386 e. The fourth-order valence-electron chi connectivity index (χ4n) is 0.465. The van der Waals surface area contributed by atoms with Crippen molar-refractivity contribution < 1.29 is 0 Å². The molecule has 1 atom stereocenters. The van der Waals surface area contributed by atoms with E-state index in [4.69, 9.17) is 11.5 Å². The molecule has 0 aliphatic carbocycles. The smallest absolute Gasteiger partial charge is 0.131 e. The van der Waals surface area contributed by atoms with Crippen LogP contribution in [0.5, 0.6) is 0 Å². The summed E-state index contributed by atoms with van der Waals surface area (Å²) in [6.45, 7) is 0.430. The molecule has 1 unspecified atom stereocenters. The van der Waals surface area contributed by atoms with Gasteiger partial charge in [-0.05, 0) is 0 Å². The van der Waals surface area contributed by atoms with Crippen LogP contribution in [0.25, 0.3) is 0 Å². The highest BCUT2D eigenvalue weighted by atomic mass is 15.0. The van der Waals surface area contributed by atoms with Gasteiger partial charge in [-0.1, -0.05) is 0 Å². The molecule has 0 aromatic heterocycles. The second-order valence-corrected chi connectivity index (χ2v) is 1.58. The molecule has 0 radical (unpaired) electrons. The van der Waals surface area contributed by atoms with Crippen LogP contribution >= 0.6 is 0 Å². The van der Waals surface area contributed by atoms with Crippen LogP contribution < -0.4 is 11.5 Å². The highest BCUT2D eigenvalue weighted by Gasteiger charge is 2.04. The molecule has 0 saturated carbocycles. The Balaban J connectivity index is 2.63. The topological polar surface area (TPSA) is 76.8 Å². The van der Waals surface area contributed by atoms with Crippen molar-refractivity contribution in [3.05, 3.63) is 0 Å². The Hall–Kier alpha value is -0.900. The second-order valence-electron chi connectivity index (χ2n) is 1.58. The van der Waals surface area contributed by atoms with Crippen molar-refractivity contribution in [2.75, 3.05) is 6.67 Å². The van der Waals surface area contributed by atoms with E-state index < -0.39 is 0 Å². The van der Waals surface area contributed by atoms with Crippen molar-refractivity contribution in [1.82, 2.24) is 0 Å². The molecule has 0 bridgehead atoms. The fraction of sp³-hybridized carbons (Fsp3) is 0.500. The van der Waals surface area contributed by atoms with E-state index in [1.165, 1.54) is 0 Å². The number of nitrogens with two attached hydrogens (primary N) is 2. The number of amidine groups is 1.